The van der Waals surface area contributed by atoms with Crippen molar-refractivity contribution < 1.29 is 32.9 Å². The zero-order chi connectivity index (χ0) is 31.9. The van der Waals surface area contributed by atoms with Gasteiger partial charge in [-0.15, -0.1) is 0 Å². The number of hydrogen-bond donors (Lipinski definition) is 1. The molecule has 0 radical (unpaired) electrons. The number of rotatable bonds is 7. The number of ether oxygens (including phenoxy) is 4. The van der Waals surface area contributed by atoms with Crippen molar-refractivity contribution in [3.63, 3.8) is 0 Å². The van der Waals surface area contributed by atoms with E-state index in [1.54, 1.807) is 30.3 Å². The van der Waals surface area contributed by atoms with Gasteiger partial charge in [-0.25, -0.2) is 14.2 Å². The van der Waals surface area contributed by atoms with E-state index in [1.807, 2.05) is 40.7 Å². The van der Waals surface area contributed by atoms with Crippen molar-refractivity contribution in [3.8, 4) is 10.9 Å². The standard InChI is InChI=1S/C30H37FN6O6S/c1-16-12-36(13-17(2)37(16)29(39)43-30(3,4)5)21-10-9-19(24-26(21)44-28(33-24)41-8)27(38)32-20-11-18-14-35(6)34-23(18)22(31)25(20)42-15-40-7/h9-11,14,16-17H,12-13,15H2,1-8H3,(H,32,38)/t16-,17-/m0/s1. The zero-order valence-corrected chi connectivity index (χ0v) is 26.9. The van der Waals surface area contributed by atoms with E-state index in [0.717, 1.165) is 10.4 Å². The SMILES string of the molecule is COCOc1c(NC(=O)c2ccc(N3C[C@H](C)N(C(=O)OC(C)(C)C)[C@@H](C)C3)c3sc(OC)nc23)cc2cn(C)nc2c1F. The monoisotopic (exact) mass is 628 g/mol. The van der Waals surface area contributed by atoms with Crippen molar-refractivity contribution in [1.29, 1.82) is 0 Å². The highest BCUT2D eigenvalue weighted by molar-refractivity contribution is 7.21. The van der Waals surface area contributed by atoms with Crippen LogP contribution in [0.1, 0.15) is 45.0 Å². The van der Waals surface area contributed by atoms with Gasteiger partial charge in [0.1, 0.15) is 16.6 Å². The number of methoxy groups -OCH3 is 2. The lowest BCUT2D eigenvalue weighted by molar-refractivity contribution is 0.00566. The summed E-state index contributed by atoms with van der Waals surface area (Å²) in [7, 11) is 4.62. The fourth-order valence-corrected chi connectivity index (χ4v) is 6.41. The third-order valence-corrected chi connectivity index (χ3v) is 8.20. The number of hydrogen-bond acceptors (Lipinski definition) is 10. The molecule has 2 aromatic heterocycles. The smallest absolute Gasteiger partial charge is 0.410 e. The number of carbonyl (C=O) groups excluding carboxylic acids is 2. The number of aromatic nitrogens is 3. The maximum Gasteiger partial charge on any atom is 0.410 e. The van der Waals surface area contributed by atoms with Gasteiger partial charge < -0.3 is 29.2 Å². The number of carbonyl (C=O) groups is 2. The summed E-state index contributed by atoms with van der Waals surface area (Å²) < 4.78 is 39.3. The van der Waals surface area contributed by atoms with Gasteiger partial charge >= 0.3 is 6.09 Å². The minimum Gasteiger partial charge on any atom is -0.473 e. The van der Waals surface area contributed by atoms with E-state index in [-0.39, 0.29) is 47.5 Å². The zero-order valence-electron chi connectivity index (χ0n) is 26.1. The number of nitrogens with zero attached hydrogens (tertiary/aromatic N) is 5. The molecule has 0 aliphatic carbocycles. The summed E-state index contributed by atoms with van der Waals surface area (Å²) in [6, 6.07) is 4.89. The number of thiazole rings is 1. The Labute approximate surface area is 258 Å². The highest BCUT2D eigenvalue weighted by Gasteiger charge is 2.36. The lowest BCUT2D eigenvalue weighted by Crippen LogP contribution is -2.59. The fraction of sp³-hybridized carbons (Fsp3) is 0.467. The Hall–Kier alpha value is -4.17. The molecule has 1 aliphatic rings. The Morgan fingerprint density at radius 2 is 1.84 bits per heavy atom. The van der Waals surface area contributed by atoms with E-state index in [4.69, 9.17) is 18.9 Å². The van der Waals surface area contributed by atoms with Crippen molar-refractivity contribution in [3.05, 3.63) is 35.8 Å². The van der Waals surface area contributed by atoms with Crippen LogP contribution in [0.3, 0.4) is 0 Å². The molecule has 14 heteroatoms. The molecule has 44 heavy (non-hydrogen) atoms. The first-order valence-corrected chi connectivity index (χ1v) is 15.0. The number of fused-ring (bicyclic) bond motifs is 2. The quantitative estimate of drug-likeness (QED) is 0.268. The molecule has 12 nitrogen and oxygen atoms in total. The first-order chi connectivity index (χ1) is 20.8. The second-order valence-electron chi connectivity index (χ2n) is 11.8. The second-order valence-corrected chi connectivity index (χ2v) is 12.8. The van der Waals surface area contributed by atoms with E-state index in [0.29, 0.717) is 29.2 Å². The molecule has 3 heterocycles. The van der Waals surface area contributed by atoms with Crippen LogP contribution >= 0.6 is 11.3 Å². The number of nitrogens with one attached hydrogen (secondary N) is 1. The third-order valence-electron chi connectivity index (χ3n) is 7.16. The Bertz CT molecular complexity index is 1700. The predicted molar refractivity (Wildman–Crippen MR) is 167 cm³/mol. The van der Waals surface area contributed by atoms with Crippen molar-refractivity contribution in [2.24, 2.45) is 7.05 Å². The molecule has 1 fully saturated rings. The van der Waals surface area contributed by atoms with E-state index in [9.17, 15) is 9.59 Å². The minimum atomic E-state index is -0.708. The number of anilines is 2. The summed E-state index contributed by atoms with van der Waals surface area (Å²) in [6.07, 6.45) is 1.31. The van der Waals surface area contributed by atoms with Crippen LogP contribution in [0.5, 0.6) is 10.9 Å². The molecule has 0 saturated carbocycles. The molecule has 1 saturated heterocycles. The van der Waals surface area contributed by atoms with Gasteiger partial charge in [-0.1, -0.05) is 11.3 Å². The number of piperazine rings is 1. The van der Waals surface area contributed by atoms with Gasteiger partial charge in [0.2, 0.25) is 0 Å². The molecule has 2 atom stereocenters. The van der Waals surface area contributed by atoms with Gasteiger partial charge in [0.15, 0.2) is 18.4 Å². The summed E-state index contributed by atoms with van der Waals surface area (Å²) in [5, 5.41) is 7.85. The van der Waals surface area contributed by atoms with Gasteiger partial charge in [0.25, 0.3) is 11.1 Å². The molecular formula is C30H37FN6O6S. The Morgan fingerprint density at radius 3 is 2.48 bits per heavy atom. The van der Waals surface area contributed by atoms with Crippen LogP contribution in [-0.2, 0) is 16.5 Å². The van der Waals surface area contributed by atoms with Crippen molar-refractivity contribution in [1.82, 2.24) is 19.7 Å². The van der Waals surface area contributed by atoms with E-state index >= 15 is 4.39 Å². The van der Waals surface area contributed by atoms with Crippen LogP contribution < -0.4 is 19.7 Å². The van der Waals surface area contributed by atoms with Crippen LogP contribution in [0.2, 0.25) is 0 Å². The lowest BCUT2D eigenvalue weighted by atomic mass is 10.1. The average molecular weight is 629 g/mol. The Balaban J connectivity index is 1.47. The molecule has 2 aromatic carbocycles. The van der Waals surface area contributed by atoms with E-state index in [2.05, 4.69) is 20.3 Å². The maximum absolute atomic E-state index is 15.4. The summed E-state index contributed by atoms with van der Waals surface area (Å²) in [5.74, 6) is -1.39. The van der Waals surface area contributed by atoms with Crippen LogP contribution in [0.4, 0.5) is 20.6 Å². The minimum absolute atomic E-state index is 0.114. The largest absolute Gasteiger partial charge is 0.473 e. The Kier molecular flexibility index (Phi) is 8.58. The molecular weight excluding hydrogens is 591 g/mol. The molecule has 2 amide bonds. The first-order valence-electron chi connectivity index (χ1n) is 14.1. The summed E-state index contributed by atoms with van der Waals surface area (Å²) in [6.45, 7) is 10.4. The van der Waals surface area contributed by atoms with Crippen LogP contribution in [0.25, 0.3) is 21.1 Å². The number of amides is 2. The highest BCUT2D eigenvalue weighted by atomic mass is 32.1. The van der Waals surface area contributed by atoms with Crippen molar-refractivity contribution in [2.75, 3.05) is 44.3 Å². The molecule has 1 aliphatic heterocycles. The maximum atomic E-state index is 15.4. The third kappa shape index (κ3) is 6.09. The molecule has 0 bridgehead atoms. The van der Waals surface area contributed by atoms with Gasteiger partial charge in [0.05, 0.1) is 40.8 Å². The van der Waals surface area contributed by atoms with Crippen LogP contribution in [-0.4, -0.2) is 83.5 Å². The fourth-order valence-electron chi connectivity index (χ4n) is 5.46. The molecule has 0 spiro atoms. The molecule has 236 valence electrons. The Morgan fingerprint density at radius 1 is 1.14 bits per heavy atom. The number of halogens is 1. The average Bonchev–Trinajstić information content (AvgIpc) is 3.54. The highest BCUT2D eigenvalue weighted by Crippen LogP contribution is 2.40. The topological polar surface area (TPSA) is 120 Å². The molecule has 4 aromatic rings. The van der Waals surface area contributed by atoms with Crippen molar-refractivity contribution >= 4 is 55.8 Å². The van der Waals surface area contributed by atoms with Crippen molar-refractivity contribution in [2.45, 2.75) is 52.3 Å². The van der Waals surface area contributed by atoms with E-state index in [1.165, 1.54) is 30.2 Å². The molecule has 1 N–H and O–H groups in total. The normalized spacial score (nSPS) is 17.3. The lowest BCUT2D eigenvalue weighted by Gasteiger charge is -2.45. The van der Waals surface area contributed by atoms with E-state index < -0.39 is 17.3 Å². The van der Waals surface area contributed by atoms with Crippen LogP contribution in [0.15, 0.2) is 24.4 Å². The van der Waals surface area contributed by atoms with Gasteiger partial charge in [-0.05, 0) is 52.8 Å². The van der Waals surface area contributed by atoms with Crippen LogP contribution in [0, 0.1) is 5.82 Å². The first kappa shape index (κ1) is 31.3. The predicted octanol–water partition coefficient (Wildman–Crippen LogP) is 5.40. The summed E-state index contributed by atoms with van der Waals surface area (Å²) in [5.41, 5.74) is 1.24. The summed E-state index contributed by atoms with van der Waals surface area (Å²) in [4.78, 5) is 35.2. The second kappa shape index (κ2) is 12.1. The van der Waals surface area contributed by atoms with Gasteiger partial charge in [0, 0.05) is 38.8 Å². The van der Waals surface area contributed by atoms with Gasteiger partial charge in [-0.3, -0.25) is 14.4 Å². The molecule has 5 rings (SSSR count). The number of benzene rings is 2. The van der Waals surface area contributed by atoms with Gasteiger partial charge in [-0.2, -0.15) is 5.10 Å². The molecule has 0 unspecified atom stereocenters. The number of aryl methyl sites for hydroxylation is 1. The summed E-state index contributed by atoms with van der Waals surface area (Å²) >= 11 is 1.32.